The monoisotopic (exact) mass is 532 g/mol. The minimum Gasteiger partial charge on any atom is -0.496 e. The molecule has 0 unspecified atom stereocenters. The number of rotatable bonds is 7. The molecule has 3 N–H and O–H groups in total. The first kappa shape index (κ1) is 25.3. The third-order valence-corrected chi connectivity index (χ3v) is 4.85. The second kappa shape index (κ2) is 11.0. The molecule has 3 aromatic rings. The van der Waals surface area contributed by atoms with Crippen molar-refractivity contribution in [3.63, 3.8) is 0 Å². The van der Waals surface area contributed by atoms with Gasteiger partial charge in [0.25, 0.3) is 0 Å². The zero-order chi connectivity index (χ0) is 22.4. The van der Waals surface area contributed by atoms with Crippen molar-refractivity contribution >= 4 is 39.4 Å². The maximum Gasteiger partial charge on any atom is 0.573 e. The predicted molar refractivity (Wildman–Crippen MR) is 122 cm³/mol. The summed E-state index contributed by atoms with van der Waals surface area (Å²) in [5.41, 5.74) is 1.95. The molecule has 0 amide bonds. The Kier molecular flexibility index (Phi) is 8.72. The first-order chi connectivity index (χ1) is 14.8. The van der Waals surface area contributed by atoms with Crippen LogP contribution in [0.25, 0.3) is 11.3 Å². The van der Waals surface area contributed by atoms with Gasteiger partial charge in [0.1, 0.15) is 17.2 Å². The van der Waals surface area contributed by atoms with Crippen LogP contribution in [0, 0.1) is 5.41 Å². The van der Waals surface area contributed by atoms with Gasteiger partial charge in [0.15, 0.2) is 11.1 Å². The highest BCUT2D eigenvalue weighted by Crippen LogP contribution is 2.29. The summed E-state index contributed by atoms with van der Waals surface area (Å²) in [7, 11) is 3.11. The highest BCUT2D eigenvalue weighted by atomic mass is 79.9. The number of methoxy groups -OCH3 is 2. The maximum atomic E-state index is 12.3. The van der Waals surface area contributed by atoms with Crippen LogP contribution in [0.2, 0.25) is 0 Å². The molecule has 12 heteroatoms. The highest BCUT2D eigenvalue weighted by molar-refractivity contribution is 8.93. The van der Waals surface area contributed by atoms with Crippen LogP contribution in [0.4, 0.5) is 18.3 Å². The normalized spacial score (nSPS) is 10.7. The minimum absolute atomic E-state index is 0. The summed E-state index contributed by atoms with van der Waals surface area (Å²) in [6.45, 7) is 0.290. The topological polar surface area (TPSA) is 88.5 Å². The van der Waals surface area contributed by atoms with Crippen molar-refractivity contribution < 1.29 is 27.4 Å². The molecule has 0 radical (unpaired) electrons. The summed E-state index contributed by atoms with van der Waals surface area (Å²) in [5, 5.41) is 16.1. The fraction of sp³-hybridized carbons (Fsp3) is 0.200. The lowest BCUT2D eigenvalue weighted by atomic mass is 10.1. The Morgan fingerprint density at radius 3 is 2.25 bits per heavy atom. The van der Waals surface area contributed by atoms with Gasteiger partial charge in [0.05, 0.1) is 32.0 Å². The number of benzene rings is 2. The van der Waals surface area contributed by atoms with Gasteiger partial charge in [-0.3, -0.25) is 5.41 Å². The molecule has 0 saturated heterocycles. The Hall–Kier alpha value is -2.99. The van der Waals surface area contributed by atoms with Gasteiger partial charge in [-0.15, -0.1) is 41.5 Å². The fourth-order valence-electron chi connectivity index (χ4n) is 2.72. The lowest BCUT2D eigenvalue weighted by Crippen LogP contribution is -2.29. The molecule has 32 heavy (non-hydrogen) atoms. The van der Waals surface area contributed by atoms with Crippen molar-refractivity contribution in [3.05, 3.63) is 53.4 Å². The minimum atomic E-state index is -4.74. The van der Waals surface area contributed by atoms with E-state index in [9.17, 15) is 13.2 Å². The van der Waals surface area contributed by atoms with Crippen LogP contribution >= 0.6 is 28.3 Å². The molecule has 3 rings (SSSR count). The summed E-state index contributed by atoms with van der Waals surface area (Å²) in [6.07, 6.45) is -4.74. The van der Waals surface area contributed by atoms with E-state index in [1.165, 1.54) is 35.6 Å². The van der Waals surface area contributed by atoms with Crippen LogP contribution < -0.4 is 24.8 Å². The number of halogens is 4. The standard InChI is InChI=1S/C20H19F3N4O3S.BrH/c1-28-16-4-3-5-17(29-2)14(16)10-25-18(24)27-19-26-15(11-31-19)12-6-8-13(9-7-12)30-20(21,22)23;/h3-9,11H,10H2,1-2H3,(H3,24,25,26,27);1H. The highest BCUT2D eigenvalue weighted by Gasteiger charge is 2.31. The van der Waals surface area contributed by atoms with E-state index in [0.717, 1.165) is 5.56 Å². The molecule has 7 nitrogen and oxygen atoms in total. The average Bonchev–Trinajstić information content (AvgIpc) is 3.19. The van der Waals surface area contributed by atoms with Crippen LogP contribution in [0.3, 0.4) is 0 Å². The van der Waals surface area contributed by atoms with Crippen molar-refractivity contribution in [1.29, 1.82) is 5.41 Å². The number of hydrogen-bond acceptors (Lipinski definition) is 6. The van der Waals surface area contributed by atoms with E-state index >= 15 is 0 Å². The van der Waals surface area contributed by atoms with E-state index in [1.807, 2.05) is 6.07 Å². The first-order valence-electron chi connectivity index (χ1n) is 8.90. The lowest BCUT2D eigenvalue weighted by Gasteiger charge is -2.14. The van der Waals surface area contributed by atoms with E-state index in [1.54, 1.807) is 31.7 Å². The Morgan fingerprint density at radius 1 is 1.06 bits per heavy atom. The number of anilines is 1. The third-order valence-electron chi connectivity index (χ3n) is 4.09. The lowest BCUT2D eigenvalue weighted by molar-refractivity contribution is -0.274. The number of nitrogens with one attached hydrogen (secondary N) is 3. The Bertz CT molecular complexity index is 1020. The van der Waals surface area contributed by atoms with Crippen LogP contribution in [-0.2, 0) is 6.54 Å². The fourth-order valence-corrected chi connectivity index (χ4v) is 3.45. The molecule has 1 heterocycles. The molecule has 0 saturated carbocycles. The van der Waals surface area contributed by atoms with Crippen molar-refractivity contribution in [2.24, 2.45) is 0 Å². The summed E-state index contributed by atoms with van der Waals surface area (Å²) < 4.78 is 51.3. The number of hydrogen-bond donors (Lipinski definition) is 3. The zero-order valence-electron chi connectivity index (χ0n) is 16.9. The molecule has 0 aliphatic carbocycles. The van der Waals surface area contributed by atoms with Crippen LogP contribution in [0.15, 0.2) is 47.8 Å². The Labute approximate surface area is 196 Å². The SMILES string of the molecule is Br.COc1cccc(OC)c1CNC(=N)Nc1nc(-c2ccc(OC(F)(F)F)cc2)cs1. The number of nitrogens with zero attached hydrogens (tertiary/aromatic N) is 1. The molecule has 0 bridgehead atoms. The maximum absolute atomic E-state index is 12.3. The Balaban J connectivity index is 0.00000363. The summed E-state index contributed by atoms with van der Waals surface area (Å²) in [5.74, 6) is 0.980. The van der Waals surface area contributed by atoms with Crippen molar-refractivity contribution in [3.8, 4) is 28.5 Å². The van der Waals surface area contributed by atoms with Crippen molar-refractivity contribution in [2.75, 3.05) is 19.5 Å². The van der Waals surface area contributed by atoms with Crippen molar-refractivity contribution in [1.82, 2.24) is 10.3 Å². The van der Waals surface area contributed by atoms with Gasteiger partial charge in [0, 0.05) is 10.9 Å². The van der Waals surface area contributed by atoms with Gasteiger partial charge in [-0.1, -0.05) is 6.07 Å². The molecule has 0 aliphatic heterocycles. The number of aromatic nitrogens is 1. The largest absolute Gasteiger partial charge is 0.573 e. The van der Waals surface area contributed by atoms with Crippen LogP contribution in [0.1, 0.15) is 5.56 Å². The van der Waals surface area contributed by atoms with Gasteiger partial charge in [-0.25, -0.2) is 4.98 Å². The van der Waals surface area contributed by atoms with E-state index in [4.69, 9.17) is 14.9 Å². The summed E-state index contributed by atoms with van der Waals surface area (Å²) >= 11 is 1.26. The third kappa shape index (κ3) is 6.76. The van der Waals surface area contributed by atoms with Gasteiger partial charge in [-0.05, 0) is 36.4 Å². The number of guanidine groups is 1. The second-order valence-corrected chi connectivity index (χ2v) is 6.96. The summed E-state index contributed by atoms with van der Waals surface area (Å²) in [4.78, 5) is 4.36. The quantitative estimate of drug-likeness (QED) is 0.277. The van der Waals surface area contributed by atoms with Crippen LogP contribution in [-0.4, -0.2) is 31.5 Å². The van der Waals surface area contributed by atoms with Crippen LogP contribution in [0.5, 0.6) is 17.2 Å². The Morgan fingerprint density at radius 2 is 1.69 bits per heavy atom. The predicted octanol–water partition coefficient (Wildman–Crippen LogP) is 5.44. The number of alkyl halides is 3. The number of thiazole rings is 1. The zero-order valence-corrected chi connectivity index (χ0v) is 19.5. The van der Waals surface area contributed by atoms with E-state index in [0.29, 0.717) is 27.9 Å². The molecule has 172 valence electrons. The van der Waals surface area contributed by atoms with Gasteiger partial charge in [-0.2, -0.15) is 0 Å². The second-order valence-electron chi connectivity index (χ2n) is 6.10. The number of ether oxygens (including phenoxy) is 3. The molecule has 1 aromatic heterocycles. The van der Waals surface area contributed by atoms with Crippen molar-refractivity contribution in [2.45, 2.75) is 12.9 Å². The van der Waals surface area contributed by atoms with E-state index in [2.05, 4.69) is 20.4 Å². The molecule has 0 aliphatic rings. The molecular weight excluding hydrogens is 513 g/mol. The van der Waals surface area contributed by atoms with Gasteiger partial charge < -0.3 is 24.8 Å². The van der Waals surface area contributed by atoms with Gasteiger partial charge in [0.2, 0.25) is 0 Å². The molecule has 0 atom stereocenters. The summed E-state index contributed by atoms with van der Waals surface area (Å²) in [6, 6.07) is 10.8. The molecule has 2 aromatic carbocycles. The molecule has 0 spiro atoms. The molecular formula is C20H20BrF3N4O3S. The first-order valence-corrected chi connectivity index (χ1v) is 9.78. The smallest absolute Gasteiger partial charge is 0.496 e. The average molecular weight is 533 g/mol. The van der Waals surface area contributed by atoms with E-state index < -0.39 is 6.36 Å². The molecule has 0 fully saturated rings. The van der Waals surface area contributed by atoms with E-state index in [-0.39, 0.29) is 35.2 Å². The van der Waals surface area contributed by atoms with Gasteiger partial charge >= 0.3 is 6.36 Å².